The molecular weight excluding hydrogens is 458 g/mol. The van der Waals surface area contributed by atoms with E-state index in [9.17, 15) is 14.3 Å². The highest BCUT2D eigenvalue weighted by molar-refractivity contribution is 5.88. The number of aromatic amines is 1. The van der Waals surface area contributed by atoms with Gasteiger partial charge in [0.2, 0.25) is 5.95 Å². The van der Waals surface area contributed by atoms with Gasteiger partial charge >= 0.3 is 5.97 Å². The number of aliphatic carboxylic acids is 1. The van der Waals surface area contributed by atoms with Gasteiger partial charge in [0.05, 0.1) is 23.9 Å². The zero-order valence-electron chi connectivity index (χ0n) is 18.9. The molecule has 3 saturated carbocycles. The first kappa shape index (κ1) is 21.9. The molecule has 4 aliphatic rings. The van der Waals surface area contributed by atoms with E-state index in [2.05, 4.69) is 30.2 Å². The number of nitrogens with zero attached hydrogens (tertiary/aromatic N) is 4. The van der Waals surface area contributed by atoms with Crippen molar-refractivity contribution < 1.29 is 23.4 Å². The summed E-state index contributed by atoms with van der Waals surface area (Å²) in [4.78, 5) is 31.9. The number of nitrogens with one attached hydrogen (secondary N) is 2. The molecule has 1 aliphatic heterocycles. The number of hydrogen-bond donors (Lipinski definition) is 3. The summed E-state index contributed by atoms with van der Waals surface area (Å²) in [5.41, 5.74) is 0.955. The molecule has 11 heteroatoms. The number of halogens is 2. The van der Waals surface area contributed by atoms with Crippen LogP contribution in [0.2, 0.25) is 0 Å². The number of ether oxygens (including phenoxy) is 1. The van der Waals surface area contributed by atoms with Crippen molar-refractivity contribution in [3.63, 3.8) is 0 Å². The summed E-state index contributed by atoms with van der Waals surface area (Å²) in [6.45, 7) is 1.88. The summed E-state index contributed by atoms with van der Waals surface area (Å²) >= 11 is 0. The van der Waals surface area contributed by atoms with E-state index in [-0.39, 0.29) is 40.6 Å². The Morgan fingerprint density at radius 3 is 2.66 bits per heavy atom. The number of H-pyrrole nitrogens is 1. The average molecular weight is 482 g/mol. The van der Waals surface area contributed by atoms with E-state index in [1.165, 1.54) is 6.26 Å². The highest BCUT2D eigenvalue weighted by Gasteiger charge is 2.48. The second kappa shape index (κ2) is 8.24. The van der Waals surface area contributed by atoms with E-state index >= 15 is 4.39 Å². The Kier molecular flexibility index (Phi) is 5.15. The van der Waals surface area contributed by atoms with Crippen molar-refractivity contribution >= 4 is 23.0 Å². The predicted octanol–water partition coefficient (Wildman–Crippen LogP) is 4.22. The van der Waals surface area contributed by atoms with Gasteiger partial charge in [0.15, 0.2) is 23.1 Å². The summed E-state index contributed by atoms with van der Waals surface area (Å²) in [6, 6.07) is -0.453. The van der Waals surface area contributed by atoms with Crippen LogP contribution in [0.5, 0.6) is 0 Å². The van der Waals surface area contributed by atoms with Gasteiger partial charge in [-0.05, 0) is 43.6 Å². The SMILES string of the molecule is CC1C=COC1c1nc(-c2c[nH]c3ncc(F)nc23)nc(NC2C3CCC(CC3)C2C(=O)O)c1F. The monoisotopic (exact) mass is 482 g/mol. The summed E-state index contributed by atoms with van der Waals surface area (Å²) in [5, 5.41) is 13.1. The first-order chi connectivity index (χ1) is 16.9. The zero-order valence-corrected chi connectivity index (χ0v) is 18.9. The molecule has 3 N–H and O–H groups in total. The van der Waals surface area contributed by atoms with E-state index in [0.29, 0.717) is 11.2 Å². The van der Waals surface area contributed by atoms with Gasteiger partial charge in [-0.3, -0.25) is 4.79 Å². The van der Waals surface area contributed by atoms with Gasteiger partial charge in [0, 0.05) is 18.2 Å². The van der Waals surface area contributed by atoms with Crippen LogP contribution in [0.25, 0.3) is 22.6 Å². The molecule has 2 bridgehead atoms. The van der Waals surface area contributed by atoms with E-state index in [1.807, 2.05) is 13.0 Å². The molecule has 3 aromatic rings. The topological polar surface area (TPSA) is 126 Å². The standard InChI is InChI=1S/C24H24F2N6O3/c1-10-6-7-35-20(10)19-16(26)22(30-17-12-4-2-11(3-5-12)15(17)24(33)34)32-21(31-19)13-8-27-23-18(13)29-14(25)9-28-23/h6-12,15,17,20H,2-5H2,1H3,(H,27,28)(H,33,34)(H,30,31,32). The molecule has 182 valence electrons. The molecule has 0 radical (unpaired) electrons. The average Bonchev–Trinajstić information content (AvgIpc) is 3.46. The number of carboxylic acid groups (broad SMARTS) is 1. The normalized spacial score (nSPS) is 29.5. The van der Waals surface area contributed by atoms with Crippen molar-refractivity contribution in [2.45, 2.75) is 44.8 Å². The van der Waals surface area contributed by atoms with Gasteiger partial charge in [0.1, 0.15) is 17.3 Å². The van der Waals surface area contributed by atoms with E-state index in [1.54, 1.807) is 6.20 Å². The number of anilines is 1. The van der Waals surface area contributed by atoms with Gasteiger partial charge in [-0.2, -0.15) is 4.39 Å². The molecule has 0 aromatic carbocycles. The molecule has 4 heterocycles. The third-order valence-corrected chi connectivity index (χ3v) is 7.63. The zero-order chi connectivity index (χ0) is 24.3. The molecule has 0 spiro atoms. The minimum absolute atomic E-state index is 0.0431. The van der Waals surface area contributed by atoms with Crippen LogP contribution in [0.1, 0.15) is 44.4 Å². The van der Waals surface area contributed by atoms with Crippen molar-refractivity contribution in [2.75, 3.05) is 5.32 Å². The van der Waals surface area contributed by atoms with Crippen LogP contribution in [0, 0.1) is 35.4 Å². The summed E-state index contributed by atoms with van der Waals surface area (Å²) < 4.78 is 35.4. The number of fused-ring (bicyclic) bond motifs is 4. The summed E-state index contributed by atoms with van der Waals surface area (Å²) in [7, 11) is 0. The fourth-order valence-corrected chi connectivity index (χ4v) is 5.87. The lowest BCUT2D eigenvalue weighted by molar-refractivity contribution is -0.148. The van der Waals surface area contributed by atoms with E-state index in [4.69, 9.17) is 4.74 Å². The Morgan fingerprint density at radius 2 is 1.94 bits per heavy atom. The van der Waals surface area contributed by atoms with Crippen molar-refractivity contribution in [3.8, 4) is 11.4 Å². The third-order valence-electron chi connectivity index (χ3n) is 7.63. The van der Waals surface area contributed by atoms with Gasteiger partial charge in [-0.1, -0.05) is 6.92 Å². The molecule has 4 unspecified atom stereocenters. The smallest absolute Gasteiger partial charge is 0.308 e. The summed E-state index contributed by atoms with van der Waals surface area (Å²) in [5.74, 6) is -2.91. The molecule has 0 saturated heterocycles. The van der Waals surface area contributed by atoms with Crippen LogP contribution in [0.15, 0.2) is 24.7 Å². The van der Waals surface area contributed by atoms with Gasteiger partial charge in [-0.15, -0.1) is 0 Å². The van der Waals surface area contributed by atoms with Crippen LogP contribution in [-0.4, -0.2) is 42.0 Å². The summed E-state index contributed by atoms with van der Waals surface area (Å²) in [6.07, 6.45) is 8.70. The van der Waals surface area contributed by atoms with Crippen molar-refractivity contribution in [2.24, 2.45) is 23.7 Å². The number of rotatable bonds is 5. The second-order valence-electron chi connectivity index (χ2n) is 9.64. The maximum absolute atomic E-state index is 15.9. The minimum atomic E-state index is -0.883. The van der Waals surface area contributed by atoms with Gasteiger partial charge in [0.25, 0.3) is 0 Å². The third kappa shape index (κ3) is 3.60. The Hall–Kier alpha value is -3.63. The maximum Gasteiger partial charge on any atom is 0.308 e. The molecular formula is C24H24F2N6O3. The predicted molar refractivity (Wildman–Crippen MR) is 121 cm³/mol. The Labute approximate surface area is 199 Å². The molecule has 0 amide bonds. The van der Waals surface area contributed by atoms with Crippen LogP contribution in [0.3, 0.4) is 0 Å². The maximum atomic E-state index is 15.9. The second-order valence-corrected chi connectivity index (χ2v) is 9.64. The number of carbonyl (C=O) groups is 1. The van der Waals surface area contributed by atoms with E-state index in [0.717, 1.165) is 31.9 Å². The lowest BCUT2D eigenvalue weighted by Crippen LogP contribution is -2.51. The van der Waals surface area contributed by atoms with Crippen LogP contribution >= 0.6 is 0 Å². The Balaban J connectivity index is 1.47. The quantitative estimate of drug-likeness (QED) is 0.494. The molecule has 3 aromatic heterocycles. The molecule has 3 aliphatic carbocycles. The van der Waals surface area contributed by atoms with Crippen molar-refractivity contribution in [1.82, 2.24) is 24.9 Å². The highest BCUT2D eigenvalue weighted by atomic mass is 19.1. The molecule has 3 fully saturated rings. The first-order valence-electron chi connectivity index (χ1n) is 11.8. The minimum Gasteiger partial charge on any atom is -0.491 e. The van der Waals surface area contributed by atoms with Crippen LogP contribution < -0.4 is 5.32 Å². The van der Waals surface area contributed by atoms with Gasteiger partial charge in [-0.25, -0.2) is 24.3 Å². The fourth-order valence-electron chi connectivity index (χ4n) is 5.87. The number of hydrogen-bond acceptors (Lipinski definition) is 7. The van der Waals surface area contributed by atoms with Crippen molar-refractivity contribution in [3.05, 3.63) is 42.2 Å². The molecule has 35 heavy (non-hydrogen) atoms. The lowest BCUT2D eigenvalue weighted by atomic mass is 9.61. The van der Waals surface area contributed by atoms with Gasteiger partial charge < -0.3 is 20.1 Å². The largest absolute Gasteiger partial charge is 0.491 e. The fraction of sp³-hybridized carbons (Fsp3) is 0.458. The lowest BCUT2D eigenvalue weighted by Gasteiger charge is -2.47. The Bertz CT molecular complexity index is 1340. The van der Waals surface area contributed by atoms with Crippen LogP contribution in [-0.2, 0) is 9.53 Å². The van der Waals surface area contributed by atoms with Crippen molar-refractivity contribution in [1.29, 1.82) is 0 Å². The van der Waals surface area contributed by atoms with E-state index < -0.39 is 35.8 Å². The number of carboxylic acids is 1. The Morgan fingerprint density at radius 1 is 1.17 bits per heavy atom. The molecule has 7 rings (SSSR count). The van der Waals surface area contributed by atoms with Crippen LogP contribution in [0.4, 0.5) is 14.6 Å². The first-order valence-corrected chi connectivity index (χ1v) is 11.8. The number of aromatic nitrogens is 5. The molecule has 4 atom stereocenters. The molecule has 9 nitrogen and oxygen atoms in total. The highest BCUT2D eigenvalue weighted by Crippen LogP contribution is 2.47.